The molecular weight excluding hydrogens is 539 g/mol. The number of carbonyl (C=O) groups is 1. The van der Waals surface area contributed by atoms with Gasteiger partial charge in [-0.3, -0.25) is 9.36 Å². The molecule has 0 aliphatic rings. The van der Waals surface area contributed by atoms with Gasteiger partial charge < -0.3 is 28.8 Å². The molecule has 0 rings (SSSR count). The first-order valence-electron chi connectivity index (χ1n) is 16.6. The van der Waals surface area contributed by atoms with Crippen LogP contribution in [0, 0.1) is 0 Å². The van der Waals surface area contributed by atoms with Crippen molar-refractivity contribution in [2.45, 2.75) is 148 Å². The van der Waals surface area contributed by atoms with E-state index < -0.39 is 20.0 Å². The molecule has 0 aromatic rings. The summed E-state index contributed by atoms with van der Waals surface area (Å²) in [6, 6.07) is -0.874. The third-order valence-electron chi connectivity index (χ3n) is 7.23. The lowest BCUT2D eigenvalue weighted by molar-refractivity contribution is -0.870. The van der Waals surface area contributed by atoms with Gasteiger partial charge in [0.2, 0.25) is 5.91 Å². The lowest BCUT2D eigenvalue weighted by Crippen LogP contribution is -2.45. The van der Waals surface area contributed by atoms with Crippen molar-refractivity contribution >= 4 is 13.7 Å². The average Bonchev–Trinajstić information content (AvgIpc) is 2.90. The Morgan fingerprint density at radius 1 is 0.829 bits per heavy atom. The van der Waals surface area contributed by atoms with Crippen LogP contribution in [0.5, 0.6) is 0 Å². The highest BCUT2D eigenvalue weighted by atomic mass is 31.2. The molecule has 0 saturated carbocycles. The SMILES string of the molecule is CCC/C=C/C(O)C(COP(=O)([O-])OCC[N+](C)(C)C)NC(=O)CCCCCCCCCCCCCCCCCC. The molecule has 0 bridgehead atoms. The van der Waals surface area contributed by atoms with Crippen LogP contribution in [0.25, 0.3) is 0 Å². The van der Waals surface area contributed by atoms with Gasteiger partial charge >= 0.3 is 0 Å². The molecule has 0 fully saturated rings. The van der Waals surface area contributed by atoms with E-state index in [1.807, 2.05) is 34.1 Å². The Morgan fingerprint density at radius 3 is 1.78 bits per heavy atom. The number of phosphoric acid groups is 1. The summed E-state index contributed by atoms with van der Waals surface area (Å²) in [6.45, 7) is 4.41. The second-order valence-electron chi connectivity index (χ2n) is 12.5. The summed E-state index contributed by atoms with van der Waals surface area (Å²) in [5.41, 5.74) is 0. The number of quaternary nitrogens is 1. The highest BCUT2D eigenvalue weighted by Crippen LogP contribution is 2.38. The van der Waals surface area contributed by atoms with Crippen molar-refractivity contribution in [2.75, 3.05) is 40.9 Å². The van der Waals surface area contributed by atoms with Crippen molar-refractivity contribution in [3.8, 4) is 0 Å². The highest BCUT2D eigenvalue weighted by molar-refractivity contribution is 7.45. The van der Waals surface area contributed by atoms with Gasteiger partial charge in [-0.1, -0.05) is 129 Å². The number of carbonyl (C=O) groups excluding carboxylic acids is 1. The Bertz CT molecular complexity index is 698. The van der Waals surface area contributed by atoms with Crippen LogP contribution in [0.1, 0.15) is 136 Å². The number of allylic oxidation sites excluding steroid dienone is 1. The first-order valence-corrected chi connectivity index (χ1v) is 18.0. The molecule has 0 spiro atoms. The predicted octanol–water partition coefficient (Wildman–Crippen LogP) is 7.05. The van der Waals surface area contributed by atoms with Crippen LogP contribution in [0.3, 0.4) is 0 Å². The number of likely N-dealkylation sites (N-methyl/N-ethyl adjacent to an activating group) is 1. The minimum atomic E-state index is -4.55. The minimum Gasteiger partial charge on any atom is -0.756 e. The molecule has 8 nitrogen and oxygen atoms in total. The fraction of sp³-hybridized carbons (Fsp3) is 0.906. The van der Waals surface area contributed by atoms with E-state index in [0.29, 0.717) is 17.4 Å². The quantitative estimate of drug-likeness (QED) is 0.0410. The van der Waals surface area contributed by atoms with E-state index in [1.54, 1.807) is 6.08 Å². The van der Waals surface area contributed by atoms with E-state index >= 15 is 0 Å². The molecule has 0 aliphatic carbocycles. The molecule has 0 heterocycles. The standard InChI is InChI=1S/C32H65N2O6P/c1-6-8-10-11-12-13-14-15-16-17-18-19-20-21-22-24-26-32(36)33-30(31(35)25-23-9-7-2)29-40-41(37,38)39-28-27-34(3,4)5/h23,25,30-31,35H,6-22,24,26-29H2,1-5H3,(H-,33,36,37,38)/b25-23+. The number of phosphoric ester groups is 1. The van der Waals surface area contributed by atoms with Gasteiger partial charge in [0.1, 0.15) is 13.2 Å². The summed E-state index contributed by atoms with van der Waals surface area (Å²) in [5, 5.41) is 13.3. The number of nitrogens with zero attached hydrogens (tertiary/aromatic N) is 1. The monoisotopic (exact) mass is 604 g/mol. The number of nitrogens with one attached hydrogen (secondary N) is 1. The van der Waals surface area contributed by atoms with Gasteiger partial charge in [0.05, 0.1) is 39.9 Å². The van der Waals surface area contributed by atoms with Crippen molar-refractivity contribution in [1.82, 2.24) is 5.32 Å². The second-order valence-corrected chi connectivity index (χ2v) is 13.9. The number of aliphatic hydroxyl groups excluding tert-OH is 1. The Labute approximate surface area is 252 Å². The molecule has 3 unspecified atom stereocenters. The van der Waals surface area contributed by atoms with E-state index in [-0.39, 0.29) is 19.1 Å². The summed E-state index contributed by atoms with van der Waals surface area (Å²) in [7, 11) is 1.25. The zero-order chi connectivity index (χ0) is 30.8. The maximum Gasteiger partial charge on any atom is 0.268 e. The van der Waals surface area contributed by atoms with Crippen LogP contribution in [-0.4, -0.2) is 68.5 Å². The molecule has 1 amide bonds. The third kappa shape index (κ3) is 27.8. The lowest BCUT2D eigenvalue weighted by Gasteiger charge is -2.29. The van der Waals surface area contributed by atoms with Gasteiger partial charge in [0.25, 0.3) is 7.82 Å². The van der Waals surface area contributed by atoms with Gasteiger partial charge in [-0.25, -0.2) is 0 Å². The Balaban J connectivity index is 4.17. The van der Waals surface area contributed by atoms with E-state index in [9.17, 15) is 19.4 Å². The van der Waals surface area contributed by atoms with Gasteiger partial charge in [-0.15, -0.1) is 0 Å². The van der Waals surface area contributed by atoms with Crippen LogP contribution in [0.2, 0.25) is 0 Å². The molecule has 41 heavy (non-hydrogen) atoms. The first kappa shape index (κ1) is 40.2. The topological polar surface area (TPSA) is 108 Å². The van der Waals surface area contributed by atoms with E-state index in [4.69, 9.17) is 9.05 Å². The summed E-state index contributed by atoms with van der Waals surface area (Å²) in [5.74, 6) is -0.210. The van der Waals surface area contributed by atoms with Gasteiger partial charge in [-0.2, -0.15) is 0 Å². The minimum absolute atomic E-state index is 0.000482. The smallest absolute Gasteiger partial charge is 0.268 e. The van der Waals surface area contributed by atoms with Gasteiger partial charge in [0, 0.05) is 6.42 Å². The predicted molar refractivity (Wildman–Crippen MR) is 169 cm³/mol. The molecule has 2 N–H and O–H groups in total. The Morgan fingerprint density at radius 2 is 1.32 bits per heavy atom. The van der Waals surface area contributed by atoms with Crippen molar-refractivity contribution in [3.05, 3.63) is 12.2 Å². The van der Waals surface area contributed by atoms with Crippen LogP contribution in [0.15, 0.2) is 12.2 Å². The molecule has 3 atom stereocenters. The van der Waals surface area contributed by atoms with Gasteiger partial charge in [0.15, 0.2) is 0 Å². The highest BCUT2D eigenvalue weighted by Gasteiger charge is 2.23. The normalized spacial score (nSPS) is 15.2. The van der Waals surface area contributed by atoms with E-state index in [2.05, 4.69) is 12.2 Å². The van der Waals surface area contributed by atoms with Crippen molar-refractivity contribution in [1.29, 1.82) is 0 Å². The zero-order valence-corrected chi connectivity index (χ0v) is 28.1. The number of hydrogen-bond acceptors (Lipinski definition) is 6. The Hall–Kier alpha value is -0.760. The molecule has 0 aromatic heterocycles. The number of amides is 1. The summed E-state index contributed by atoms with van der Waals surface area (Å²) in [4.78, 5) is 24.8. The average molecular weight is 605 g/mol. The Kier molecular flexibility index (Phi) is 25.2. The molecular formula is C32H65N2O6P. The fourth-order valence-corrected chi connectivity index (χ4v) is 5.23. The maximum atomic E-state index is 12.6. The number of aliphatic hydroxyl groups is 1. The maximum absolute atomic E-state index is 12.6. The number of hydrogen-bond donors (Lipinski definition) is 2. The molecule has 0 saturated heterocycles. The second kappa shape index (κ2) is 25.7. The van der Waals surface area contributed by atoms with Crippen molar-refractivity contribution in [3.63, 3.8) is 0 Å². The third-order valence-corrected chi connectivity index (χ3v) is 8.19. The summed E-state index contributed by atoms with van der Waals surface area (Å²) >= 11 is 0. The van der Waals surface area contributed by atoms with Crippen LogP contribution in [-0.2, 0) is 18.4 Å². The zero-order valence-electron chi connectivity index (χ0n) is 27.2. The molecule has 244 valence electrons. The van der Waals surface area contributed by atoms with Crippen LogP contribution >= 0.6 is 7.82 Å². The fourth-order valence-electron chi connectivity index (χ4n) is 4.51. The van der Waals surface area contributed by atoms with E-state index in [1.165, 1.54) is 83.5 Å². The van der Waals surface area contributed by atoms with Crippen molar-refractivity contribution in [2.24, 2.45) is 0 Å². The largest absolute Gasteiger partial charge is 0.756 e. The lowest BCUT2D eigenvalue weighted by atomic mass is 10.0. The van der Waals surface area contributed by atoms with Crippen LogP contribution in [0.4, 0.5) is 0 Å². The summed E-state index contributed by atoms with van der Waals surface area (Å²) < 4.78 is 22.7. The molecule has 0 radical (unpaired) electrons. The summed E-state index contributed by atoms with van der Waals surface area (Å²) in [6.07, 6.45) is 24.8. The van der Waals surface area contributed by atoms with E-state index in [0.717, 1.165) is 32.1 Å². The van der Waals surface area contributed by atoms with Crippen LogP contribution < -0.4 is 10.2 Å². The number of rotatable bonds is 29. The molecule has 9 heteroatoms. The molecule has 0 aliphatic heterocycles. The van der Waals surface area contributed by atoms with Gasteiger partial charge in [-0.05, 0) is 12.8 Å². The number of unbranched alkanes of at least 4 members (excludes halogenated alkanes) is 16. The first-order chi connectivity index (χ1) is 19.5. The van der Waals surface area contributed by atoms with Crippen molar-refractivity contribution < 1.29 is 32.9 Å². The molecule has 0 aromatic carbocycles.